The number of anilines is 1. The molecule has 1 aliphatic rings. The highest BCUT2D eigenvalue weighted by molar-refractivity contribution is 7.17. The number of nitrogens with zero attached hydrogens (tertiary/aromatic N) is 2. The summed E-state index contributed by atoms with van der Waals surface area (Å²) in [6.07, 6.45) is 3.48. The normalized spacial score (nSPS) is 17.1. The molecule has 2 rings (SSSR count). The quantitative estimate of drug-likeness (QED) is 0.846. The van der Waals surface area contributed by atoms with E-state index in [9.17, 15) is 4.79 Å². The summed E-state index contributed by atoms with van der Waals surface area (Å²) in [5.41, 5.74) is 0.743. The van der Waals surface area contributed by atoms with E-state index in [2.05, 4.69) is 22.1 Å². The number of rotatable bonds is 5. The van der Waals surface area contributed by atoms with Gasteiger partial charge in [0.2, 0.25) is 0 Å². The predicted molar refractivity (Wildman–Crippen MR) is 81.6 cm³/mol. The van der Waals surface area contributed by atoms with Crippen molar-refractivity contribution in [2.45, 2.75) is 39.2 Å². The largest absolute Gasteiger partial charge is 0.465 e. The number of hydrogen-bond donors (Lipinski definition) is 1. The fourth-order valence-electron chi connectivity index (χ4n) is 2.53. The fraction of sp³-hybridized carbons (Fsp3) is 0.714. The lowest BCUT2D eigenvalue weighted by Crippen LogP contribution is -2.39. The molecule has 1 fully saturated rings. The predicted octanol–water partition coefficient (Wildman–Crippen LogP) is 2.52. The first-order chi connectivity index (χ1) is 9.63. The molecule has 1 saturated heterocycles. The smallest absolute Gasteiger partial charge is 0.350 e. The first-order valence-corrected chi connectivity index (χ1v) is 8.00. The Hall–Kier alpha value is -1.14. The third kappa shape index (κ3) is 3.70. The molecule has 5 nitrogen and oxygen atoms in total. The molecule has 0 unspecified atom stereocenters. The minimum Gasteiger partial charge on any atom is -0.465 e. The van der Waals surface area contributed by atoms with Crippen molar-refractivity contribution in [3.8, 4) is 0 Å². The van der Waals surface area contributed by atoms with Crippen molar-refractivity contribution in [3.05, 3.63) is 10.6 Å². The summed E-state index contributed by atoms with van der Waals surface area (Å²) >= 11 is 1.39. The molecule has 20 heavy (non-hydrogen) atoms. The molecule has 1 aromatic heterocycles. The van der Waals surface area contributed by atoms with Gasteiger partial charge in [0.15, 0.2) is 5.13 Å². The van der Waals surface area contributed by atoms with Gasteiger partial charge in [0.1, 0.15) is 4.88 Å². The van der Waals surface area contributed by atoms with E-state index in [0.29, 0.717) is 10.9 Å². The fourth-order valence-corrected chi connectivity index (χ4v) is 3.49. The second-order valence-corrected chi connectivity index (χ2v) is 6.18. The van der Waals surface area contributed by atoms with E-state index in [0.717, 1.165) is 36.8 Å². The number of methoxy groups -OCH3 is 1. The SMILES string of the molecule is CCCN1CCC(Nc2nc(C)c(C(=O)OC)s2)CC1. The second-order valence-electron chi connectivity index (χ2n) is 5.19. The molecule has 2 heterocycles. The molecule has 0 saturated carbocycles. The van der Waals surface area contributed by atoms with Crippen molar-refractivity contribution in [2.24, 2.45) is 0 Å². The Morgan fingerprint density at radius 2 is 2.20 bits per heavy atom. The molecule has 0 bridgehead atoms. The number of hydrogen-bond acceptors (Lipinski definition) is 6. The Morgan fingerprint density at radius 3 is 2.80 bits per heavy atom. The summed E-state index contributed by atoms with van der Waals surface area (Å²) in [7, 11) is 1.40. The molecule has 0 aromatic carbocycles. The van der Waals surface area contributed by atoms with Gasteiger partial charge in [-0.25, -0.2) is 9.78 Å². The van der Waals surface area contributed by atoms with Crippen LogP contribution in [0, 0.1) is 6.92 Å². The van der Waals surface area contributed by atoms with Gasteiger partial charge in [-0.3, -0.25) is 0 Å². The monoisotopic (exact) mass is 297 g/mol. The number of ether oxygens (including phenoxy) is 1. The zero-order valence-electron chi connectivity index (χ0n) is 12.4. The van der Waals surface area contributed by atoms with Crippen LogP contribution < -0.4 is 5.32 Å². The maximum atomic E-state index is 11.6. The molecule has 6 heteroatoms. The van der Waals surface area contributed by atoms with Gasteiger partial charge >= 0.3 is 5.97 Å². The molecular weight excluding hydrogens is 274 g/mol. The number of carbonyl (C=O) groups is 1. The van der Waals surface area contributed by atoms with Gasteiger partial charge in [-0.05, 0) is 32.7 Å². The van der Waals surface area contributed by atoms with Crippen LogP contribution in [0.15, 0.2) is 0 Å². The van der Waals surface area contributed by atoms with Crippen molar-refractivity contribution >= 4 is 22.4 Å². The minimum atomic E-state index is -0.300. The molecule has 0 atom stereocenters. The number of aryl methyl sites for hydroxylation is 1. The maximum absolute atomic E-state index is 11.6. The number of thiazole rings is 1. The van der Waals surface area contributed by atoms with E-state index in [1.54, 1.807) is 0 Å². The molecule has 112 valence electrons. The van der Waals surface area contributed by atoms with Crippen LogP contribution in [0.2, 0.25) is 0 Å². The lowest BCUT2D eigenvalue weighted by molar-refractivity contribution is 0.0605. The maximum Gasteiger partial charge on any atom is 0.350 e. The first kappa shape index (κ1) is 15.3. The van der Waals surface area contributed by atoms with Gasteiger partial charge in [0, 0.05) is 19.1 Å². The molecule has 1 N–H and O–H groups in total. The molecule has 0 amide bonds. The zero-order valence-corrected chi connectivity index (χ0v) is 13.3. The second kappa shape index (κ2) is 7.04. The van der Waals surface area contributed by atoms with Crippen LogP contribution in [0.1, 0.15) is 41.6 Å². The van der Waals surface area contributed by atoms with Gasteiger partial charge in [-0.15, -0.1) is 0 Å². The Labute approximate surface area is 124 Å². The Morgan fingerprint density at radius 1 is 1.50 bits per heavy atom. The van der Waals surface area contributed by atoms with E-state index in [1.807, 2.05) is 6.92 Å². The van der Waals surface area contributed by atoms with Crippen LogP contribution in [0.25, 0.3) is 0 Å². The topological polar surface area (TPSA) is 54.5 Å². The third-order valence-corrected chi connectivity index (χ3v) is 4.69. The van der Waals surface area contributed by atoms with E-state index < -0.39 is 0 Å². The van der Waals surface area contributed by atoms with Gasteiger partial charge < -0.3 is 15.0 Å². The summed E-state index contributed by atoms with van der Waals surface area (Å²) in [4.78, 5) is 19.1. The molecule has 1 aliphatic heterocycles. The highest BCUT2D eigenvalue weighted by Gasteiger charge is 2.21. The summed E-state index contributed by atoms with van der Waals surface area (Å²) in [6, 6.07) is 0.458. The number of aromatic nitrogens is 1. The highest BCUT2D eigenvalue weighted by Crippen LogP contribution is 2.25. The first-order valence-electron chi connectivity index (χ1n) is 7.18. The van der Waals surface area contributed by atoms with E-state index in [-0.39, 0.29) is 5.97 Å². The summed E-state index contributed by atoms with van der Waals surface area (Å²) in [5, 5.41) is 4.29. The number of likely N-dealkylation sites (tertiary alicyclic amines) is 1. The van der Waals surface area contributed by atoms with Crippen LogP contribution in [0.5, 0.6) is 0 Å². The lowest BCUT2D eigenvalue weighted by atomic mass is 10.1. The van der Waals surface area contributed by atoms with Crippen LogP contribution in [0.4, 0.5) is 5.13 Å². The molecule has 0 radical (unpaired) electrons. The average Bonchev–Trinajstić information content (AvgIpc) is 2.81. The third-order valence-electron chi connectivity index (χ3n) is 3.62. The minimum absolute atomic E-state index is 0.300. The van der Waals surface area contributed by atoms with E-state index in [4.69, 9.17) is 4.74 Å². The summed E-state index contributed by atoms with van der Waals surface area (Å²) in [6.45, 7) is 7.53. The number of nitrogens with one attached hydrogen (secondary N) is 1. The van der Waals surface area contributed by atoms with Gasteiger partial charge in [0.05, 0.1) is 12.8 Å². The van der Waals surface area contributed by atoms with Gasteiger partial charge in [-0.2, -0.15) is 0 Å². The van der Waals surface area contributed by atoms with Crippen molar-refractivity contribution < 1.29 is 9.53 Å². The Bertz CT molecular complexity index is 453. The average molecular weight is 297 g/mol. The Kier molecular flexibility index (Phi) is 5.37. The van der Waals surface area contributed by atoms with Crippen molar-refractivity contribution in [3.63, 3.8) is 0 Å². The Balaban J connectivity index is 1.90. The highest BCUT2D eigenvalue weighted by atomic mass is 32.1. The number of piperidine rings is 1. The van der Waals surface area contributed by atoms with Crippen LogP contribution in [0.3, 0.4) is 0 Å². The standard InChI is InChI=1S/C14H23N3O2S/c1-4-7-17-8-5-11(6-9-17)16-14-15-10(2)12(20-14)13(18)19-3/h11H,4-9H2,1-3H3,(H,15,16). The van der Waals surface area contributed by atoms with Crippen LogP contribution in [-0.2, 0) is 4.74 Å². The van der Waals surface area contributed by atoms with E-state index in [1.165, 1.54) is 31.4 Å². The van der Waals surface area contributed by atoms with Gasteiger partial charge in [-0.1, -0.05) is 18.3 Å². The van der Waals surface area contributed by atoms with Crippen molar-refractivity contribution in [1.82, 2.24) is 9.88 Å². The lowest BCUT2D eigenvalue weighted by Gasteiger charge is -2.31. The zero-order chi connectivity index (χ0) is 14.5. The summed E-state index contributed by atoms with van der Waals surface area (Å²) in [5.74, 6) is -0.300. The van der Waals surface area contributed by atoms with Crippen LogP contribution >= 0.6 is 11.3 Å². The van der Waals surface area contributed by atoms with Crippen molar-refractivity contribution in [1.29, 1.82) is 0 Å². The number of esters is 1. The molecule has 1 aromatic rings. The molecule has 0 aliphatic carbocycles. The molecular formula is C14H23N3O2S. The number of carbonyl (C=O) groups excluding carboxylic acids is 1. The van der Waals surface area contributed by atoms with E-state index >= 15 is 0 Å². The van der Waals surface area contributed by atoms with Gasteiger partial charge in [0.25, 0.3) is 0 Å². The van der Waals surface area contributed by atoms with Crippen LogP contribution in [-0.4, -0.2) is 48.6 Å². The summed E-state index contributed by atoms with van der Waals surface area (Å²) < 4.78 is 4.76. The molecule has 0 spiro atoms. The van der Waals surface area contributed by atoms with Crippen molar-refractivity contribution in [2.75, 3.05) is 32.1 Å².